The van der Waals surface area contributed by atoms with Crippen molar-refractivity contribution in [1.29, 1.82) is 0 Å². The summed E-state index contributed by atoms with van der Waals surface area (Å²) in [7, 11) is 1.75. The van der Waals surface area contributed by atoms with Gasteiger partial charge in [-0.25, -0.2) is 0 Å². The Morgan fingerprint density at radius 3 is 1.36 bits per heavy atom. The molecule has 0 aromatic heterocycles. The summed E-state index contributed by atoms with van der Waals surface area (Å²) in [5.74, 6) is -3.08. The molecule has 0 saturated carbocycles. The van der Waals surface area contributed by atoms with Crippen molar-refractivity contribution < 1.29 is 4.74 Å². The van der Waals surface area contributed by atoms with Gasteiger partial charge in [-0.2, -0.15) is 0 Å². The first-order valence-electron chi connectivity index (χ1n) is 8.59. The van der Waals surface area contributed by atoms with Gasteiger partial charge in [0, 0.05) is 0 Å². The van der Waals surface area contributed by atoms with Crippen molar-refractivity contribution in [3.8, 4) is 0 Å². The van der Waals surface area contributed by atoms with E-state index in [2.05, 4.69) is 72.8 Å². The molecule has 0 saturated heterocycles. The standard InChI is InChI=1S/C22H24ClOP/c1-24-18-11-19-25(23,20-12-5-2-6-13-20,21-14-7-3-8-15-21)22-16-9-4-10-17-22/h2-10,12-17H,11,18-19H2,1H3. The number of rotatable bonds is 7. The molecular formula is C22H24ClOP. The molecule has 0 radical (unpaired) electrons. The van der Waals surface area contributed by atoms with Crippen LogP contribution in [0.5, 0.6) is 0 Å². The van der Waals surface area contributed by atoms with Crippen LogP contribution in [-0.2, 0) is 4.74 Å². The van der Waals surface area contributed by atoms with E-state index in [0.29, 0.717) is 6.61 Å². The molecule has 0 aliphatic carbocycles. The van der Waals surface area contributed by atoms with Crippen molar-refractivity contribution in [2.45, 2.75) is 6.42 Å². The average Bonchev–Trinajstić information content (AvgIpc) is 2.70. The molecule has 0 atom stereocenters. The first kappa shape index (κ1) is 18.1. The summed E-state index contributed by atoms with van der Waals surface area (Å²) in [4.78, 5) is 0. The van der Waals surface area contributed by atoms with Crippen molar-refractivity contribution >= 4 is 33.1 Å². The van der Waals surface area contributed by atoms with Crippen LogP contribution in [0.25, 0.3) is 0 Å². The summed E-state index contributed by atoms with van der Waals surface area (Å²) >= 11 is 7.88. The summed E-state index contributed by atoms with van der Waals surface area (Å²) in [6, 6.07) is 31.7. The molecule has 0 N–H and O–H groups in total. The molecule has 0 amide bonds. The van der Waals surface area contributed by atoms with Crippen molar-refractivity contribution in [2.24, 2.45) is 0 Å². The van der Waals surface area contributed by atoms with Gasteiger partial charge >= 0.3 is 155 Å². The first-order chi connectivity index (χ1) is 12.2. The maximum absolute atomic E-state index is 7.88. The Morgan fingerprint density at radius 1 is 0.680 bits per heavy atom. The molecule has 0 aliphatic heterocycles. The fourth-order valence-corrected chi connectivity index (χ4v) is 9.70. The Kier molecular flexibility index (Phi) is 5.59. The fourth-order valence-electron chi connectivity index (χ4n) is 3.56. The van der Waals surface area contributed by atoms with E-state index in [1.54, 1.807) is 7.11 Å². The number of methoxy groups -OCH3 is 1. The second-order valence-electron chi connectivity index (χ2n) is 6.26. The normalized spacial score (nSPS) is 13.1. The molecule has 3 aromatic rings. The summed E-state index contributed by atoms with van der Waals surface area (Å²) in [5.41, 5.74) is 0. The predicted octanol–water partition coefficient (Wildman–Crippen LogP) is 4.71. The predicted molar refractivity (Wildman–Crippen MR) is 112 cm³/mol. The quantitative estimate of drug-likeness (QED) is 0.432. The van der Waals surface area contributed by atoms with Gasteiger partial charge in [-0.15, -0.1) is 0 Å². The molecule has 0 unspecified atom stereocenters. The molecule has 0 fully saturated rings. The average molecular weight is 371 g/mol. The summed E-state index contributed by atoms with van der Waals surface area (Å²) < 4.78 is 5.35. The van der Waals surface area contributed by atoms with E-state index < -0.39 is 5.96 Å². The van der Waals surface area contributed by atoms with Gasteiger partial charge in [0.15, 0.2) is 0 Å². The van der Waals surface area contributed by atoms with Crippen molar-refractivity contribution in [3.63, 3.8) is 0 Å². The Balaban J connectivity index is 2.32. The number of benzene rings is 3. The molecule has 130 valence electrons. The maximum atomic E-state index is 7.88. The van der Waals surface area contributed by atoms with Gasteiger partial charge in [0.2, 0.25) is 0 Å². The van der Waals surface area contributed by atoms with Gasteiger partial charge in [0.25, 0.3) is 0 Å². The van der Waals surface area contributed by atoms with Gasteiger partial charge < -0.3 is 0 Å². The van der Waals surface area contributed by atoms with E-state index in [-0.39, 0.29) is 0 Å². The molecule has 0 heterocycles. The Morgan fingerprint density at radius 2 is 1.04 bits per heavy atom. The second kappa shape index (κ2) is 7.70. The molecular weight excluding hydrogens is 347 g/mol. The van der Waals surface area contributed by atoms with Crippen LogP contribution in [0.4, 0.5) is 0 Å². The fraction of sp³-hybridized carbons (Fsp3) is 0.182. The van der Waals surface area contributed by atoms with Crippen LogP contribution in [-0.4, -0.2) is 19.9 Å². The summed E-state index contributed by atoms with van der Waals surface area (Å²) in [6.45, 7) is 0.705. The van der Waals surface area contributed by atoms with E-state index in [9.17, 15) is 0 Å². The third-order valence-electron chi connectivity index (χ3n) is 4.81. The molecule has 3 heteroatoms. The van der Waals surface area contributed by atoms with Crippen LogP contribution in [0.1, 0.15) is 6.42 Å². The van der Waals surface area contributed by atoms with Crippen LogP contribution in [0.2, 0.25) is 0 Å². The summed E-state index contributed by atoms with van der Waals surface area (Å²) in [5, 5.41) is 3.64. The van der Waals surface area contributed by atoms with E-state index >= 15 is 0 Å². The molecule has 0 aliphatic rings. The van der Waals surface area contributed by atoms with Gasteiger partial charge in [0.05, 0.1) is 0 Å². The number of hydrogen-bond donors (Lipinski definition) is 0. The summed E-state index contributed by atoms with van der Waals surface area (Å²) in [6.07, 6.45) is 1.79. The minimum absolute atomic E-state index is 0.705. The Bertz CT molecular complexity index is 691. The van der Waals surface area contributed by atoms with Crippen molar-refractivity contribution in [3.05, 3.63) is 91.0 Å². The van der Waals surface area contributed by atoms with E-state index in [4.69, 9.17) is 16.0 Å². The van der Waals surface area contributed by atoms with Gasteiger partial charge in [-0.1, -0.05) is 0 Å². The number of halogens is 1. The Hall–Kier alpha value is -1.66. The first-order valence-corrected chi connectivity index (χ1v) is 11.9. The zero-order valence-electron chi connectivity index (χ0n) is 14.5. The Labute approximate surface area is 155 Å². The van der Waals surface area contributed by atoms with Gasteiger partial charge in [-0.3, -0.25) is 0 Å². The molecule has 3 aromatic carbocycles. The van der Waals surface area contributed by atoms with E-state index in [1.165, 1.54) is 15.9 Å². The molecule has 3 rings (SSSR count). The minimum atomic E-state index is -3.08. The van der Waals surface area contributed by atoms with Crippen LogP contribution < -0.4 is 15.9 Å². The monoisotopic (exact) mass is 370 g/mol. The number of hydrogen-bond acceptors (Lipinski definition) is 1. The topological polar surface area (TPSA) is 9.23 Å². The SMILES string of the molecule is COCCCP(Cl)(c1ccccc1)(c1ccccc1)c1ccccc1. The van der Waals surface area contributed by atoms with Crippen LogP contribution in [0.3, 0.4) is 0 Å². The zero-order valence-corrected chi connectivity index (χ0v) is 16.2. The van der Waals surface area contributed by atoms with Gasteiger partial charge in [-0.05, 0) is 0 Å². The zero-order chi connectivity index (χ0) is 17.6. The van der Waals surface area contributed by atoms with Crippen LogP contribution in [0.15, 0.2) is 91.0 Å². The van der Waals surface area contributed by atoms with Gasteiger partial charge in [0.1, 0.15) is 0 Å². The molecule has 25 heavy (non-hydrogen) atoms. The molecule has 0 bridgehead atoms. The molecule has 0 spiro atoms. The second-order valence-corrected chi connectivity index (χ2v) is 12.9. The van der Waals surface area contributed by atoms with Crippen molar-refractivity contribution in [1.82, 2.24) is 0 Å². The van der Waals surface area contributed by atoms with Crippen molar-refractivity contribution in [2.75, 3.05) is 19.9 Å². The van der Waals surface area contributed by atoms with Crippen LogP contribution >= 0.6 is 17.2 Å². The molecule has 1 nitrogen and oxygen atoms in total. The number of ether oxygens (including phenoxy) is 1. The third-order valence-corrected chi connectivity index (χ3v) is 12.4. The van der Waals surface area contributed by atoms with Crippen LogP contribution in [0, 0.1) is 0 Å². The third kappa shape index (κ3) is 3.25. The van der Waals surface area contributed by atoms with E-state index in [0.717, 1.165) is 12.6 Å². The van der Waals surface area contributed by atoms with E-state index in [1.807, 2.05) is 18.2 Å².